The minimum Gasteiger partial charge on any atom is -0.493 e. The molecule has 3 aliphatic rings. The number of hydrogen-bond donors (Lipinski definition) is 1. The fourth-order valence-corrected chi connectivity index (χ4v) is 5.85. The van der Waals surface area contributed by atoms with Crippen LogP contribution in [0.1, 0.15) is 43.9 Å². The van der Waals surface area contributed by atoms with Crippen LogP contribution in [-0.4, -0.2) is 75.5 Å². The van der Waals surface area contributed by atoms with Crippen LogP contribution in [-0.2, 0) is 11.2 Å². The van der Waals surface area contributed by atoms with Crippen LogP contribution < -0.4 is 14.8 Å². The van der Waals surface area contributed by atoms with Crippen LogP contribution in [0.25, 0.3) is 0 Å². The lowest BCUT2D eigenvalue weighted by atomic mass is 9.74. The number of nitriles is 1. The molecule has 4 rings (SSSR count). The topological polar surface area (TPSA) is 87.1 Å². The van der Waals surface area contributed by atoms with Gasteiger partial charge in [-0.1, -0.05) is 13.8 Å². The van der Waals surface area contributed by atoms with Gasteiger partial charge in [0.15, 0.2) is 11.5 Å². The van der Waals surface area contributed by atoms with Crippen LogP contribution >= 0.6 is 0 Å². The molecular formula is C26H38N4O4. The predicted octanol–water partition coefficient (Wildman–Crippen LogP) is 3.22. The van der Waals surface area contributed by atoms with Crippen LogP contribution in [0.4, 0.5) is 4.79 Å². The van der Waals surface area contributed by atoms with E-state index in [1.54, 1.807) is 19.1 Å². The van der Waals surface area contributed by atoms with Crippen molar-refractivity contribution in [3.8, 4) is 17.6 Å². The van der Waals surface area contributed by atoms with Crippen molar-refractivity contribution in [2.45, 2.75) is 45.2 Å². The second-order valence-electron chi connectivity index (χ2n) is 10.2. The Labute approximate surface area is 203 Å². The molecule has 0 saturated carbocycles. The van der Waals surface area contributed by atoms with Crippen molar-refractivity contribution in [2.24, 2.45) is 17.8 Å². The van der Waals surface area contributed by atoms with Crippen molar-refractivity contribution in [1.82, 2.24) is 15.1 Å². The Morgan fingerprint density at radius 3 is 2.65 bits per heavy atom. The standard InChI is InChI=1S/C26H38N4O4/c1-17(2)9-19-14-29-7-5-18-11-24(32-3)25(33-4)12-22(18)23(29)10-20(19)16-34-26(31)30-8-6-28-21(13-27)15-30/h11-12,17,19-21,23,28H,5-10,14-16H2,1-4H3/t19-,20+,21?,23-/m1/s1. The van der Waals surface area contributed by atoms with E-state index in [4.69, 9.17) is 14.2 Å². The van der Waals surface area contributed by atoms with Gasteiger partial charge in [-0.3, -0.25) is 10.2 Å². The zero-order valence-electron chi connectivity index (χ0n) is 20.9. The number of piperidine rings is 1. The molecule has 4 atom stereocenters. The van der Waals surface area contributed by atoms with E-state index in [1.807, 2.05) is 0 Å². The summed E-state index contributed by atoms with van der Waals surface area (Å²) in [5, 5.41) is 12.3. The fraction of sp³-hybridized carbons (Fsp3) is 0.692. The van der Waals surface area contributed by atoms with Crippen molar-refractivity contribution in [2.75, 3.05) is 53.6 Å². The minimum absolute atomic E-state index is 0.290. The molecule has 34 heavy (non-hydrogen) atoms. The molecule has 1 unspecified atom stereocenters. The second kappa shape index (κ2) is 10.8. The lowest BCUT2D eigenvalue weighted by molar-refractivity contribution is 0.00445. The number of carbonyl (C=O) groups is 1. The number of amides is 1. The smallest absolute Gasteiger partial charge is 0.409 e. The highest BCUT2D eigenvalue weighted by atomic mass is 16.6. The van der Waals surface area contributed by atoms with Gasteiger partial charge >= 0.3 is 6.09 Å². The van der Waals surface area contributed by atoms with Gasteiger partial charge in [-0.05, 0) is 60.3 Å². The van der Waals surface area contributed by atoms with E-state index in [2.05, 4.69) is 42.3 Å². The Balaban J connectivity index is 1.50. The van der Waals surface area contributed by atoms with Gasteiger partial charge in [0.2, 0.25) is 0 Å². The summed E-state index contributed by atoms with van der Waals surface area (Å²) in [5.74, 6) is 2.91. The maximum atomic E-state index is 12.8. The average molecular weight is 471 g/mol. The third-order valence-electron chi connectivity index (χ3n) is 7.56. The van der Waals surface area contributed by atoms with Crippen LogP contribution in [0, 0.1) is 29.1 Å². The molecule has 186 valence electrons. The summed E-state index contributed by atoms with van der Waals surface area (Å²) in [6.45, 7) is 8.56. The molecule has 1 N–H and O–H groups in total. The summed E-state index contributed by atoms with van der Waals surface area (Å²) < 4.78 is 17.0. The van der Waals surface area contributed by atoms with Gasteiger partial charge in [0.05, 0.1) is 33.4 Å². The number of methoxy groups -OCH3 is 2. The Morgan fingerprint density at radius 2 is 1.94 bits per heavy atom. The van der Waals surface area contributed by atoms with Gasteiger partial charge in [0.25, 0.3) is 0 Å². The molecule has 0 bridgehead atoms. The number of ether oxygens (including phenoxy) is 3. The van der Waals surface area contributed by atoms with E-state index in [9.17, 15) is 10.1 Å². The second-order valence-corrected chi connectivity index (χ2v) is 10.2. The first-order valence-corrected chi connectivity index (χ1v) is 12.5. The number of carbonyl (C=O) groups excluding carboxylic acids is 1. The molecule has 8 heteroatoms. The molecule has 0 aromatic heterocycles. The van der Waals surface area contributed by atoms with E-state index in [1.165, 1.54) is 11.1 Å². The number of benzene rings is 1. The SMILES string of the molecule is COc1cc2c(cc1OC)[C@H]1C[C@@H](COC(=O)N3CCNC(C#N)C3)[C@H](CC(C)C)CN1CC2. The molecule has 2 saturated heterocycles. The van der Waals surface area contributed by atoms with E-state index < -0.39 is 0 Å². The van der Waals surface area contributed by atoms with Crippen LogP contribution in [0.15, 0.2) is 12.1 Å². The molecule has 0 aliphatic carbocycles. The average Bonchev–Trinajstić information content (AvgIpc) is 2.85. The quantitative estimate of drug-likeness (QED) is 0.683. The Bertz CT molecular complexity index is 915. The number of nitrogens with one attached hydrogen (secondary N) is 1. The molecule has 0 radical (unpaired) electrons. The molecule has 3 heterocycles. The van der Waals surface area contributed by atoms with E-state index in [0.29, 0.717) is 44.0 Å². The lowest BCUT2D eigenvalue weighted by Crippen LogP contribution is -2.52. The largest absolute Gasteiger partial charge is 0.493 e. The molecule has 8 nitrogen and oxygen atoms in total. The normalized spacial score (nSPS) is 26.9. The molecule has 3 aliphatic heterocycles. The van der Waals surface area contributed by atoms with Crippen molar-refractivity contribution in [3.63, 3.8) is 0 Å². The highest BCUT2D eigenvalue weighted by Gasteiger charge is 2.40. The van der Waals surface area contributed by atoms with E-state index >= 15 is 0 Å². The van der Waals surface area contributed by atoms with E-state index in [0.717, 1.165) is 43.9 Å². The molecule has 0 spiro atoms. The molecule has 1 amide bonds. The fourth-order valence-electron chi connectivity index (χ4n) is 5.85. The molecule has 2 fully saturated rings. The predicted molar refractivity (Wildman–Crippen MR) is 129 cm³/mol. The van der Waals surface area contributed by atoms with Gasteiger partial charge < -0.3 is 19.1 Å². The number of fused-ring (bicyclic) bond motifs is 3. The summed E-state index contributed by atoms with van der Waals surface area (Å²) in [6.07, 6.45) is 2.77. The van der Waals surface area contributed by atoms with Gasteiger partial charge in [-0.15, -0.1) is 0 Å². The molecule has 1 aromatic rings. The van der Waals surface area contributed by atoms with Crippen molar-refractivity contribution < 1.29 is 19.0 Å². The minimum atomic E-state index is -0.330. The van der Waals surface area contributed by atoms with E-state index in [-0.39, 0.29) is 18.2 Å². The number of hydrogen-bond acceptors (Lipinski definition) is 7. The van der Waals surface area contributed by atoms with Gasteiger partial charge in [-0.25, -0.2) is 4.79 Å². The first-order chi connectivity index (χ1) is 16.4. The van der Waals surface area contributed by atoms with Crippen molar-refractivity contribution in [3.05, 3.63) is 23.3 Å². The Kier molecular flexibility index (Phi) is 7.84. The van der Waals surface area contributed by atoms with Gasteiger partial charge in [0, 0.05) is 32.2 Å². The third kappa shape index (κ3) is 5.26. The zero-order valence-corrected chi connectivity index (χ0v) is 20.9. The maximum absolute atomic E-state index is 12.8. The van der Waals surface area contributed by atoms with Gasteiger partial charge in [0.1, 0.15) is 6.04 Å². The van der Waals surface area contributed by atoms with Crippen LogP contribution in [0.2, 0.25) is 0 Å². The highest BCUT2D eigenvalue weighted by Crippen LogP contribution is 2.45. The first-order valence-electron chi connectivity index (χ1n) is 12.5. The maximum Gasteiger partial charge on any atom is 0.409 e. The highest BCUT2D eigenvalue weighted by molar-refractivity contribution is 5.68. The molecule has 1 aromatic carbocycles. The summed E-state index contributed by atoms with van der Waals surface area (Å²) >= 11 is 0. The van der Waals surface area contributed by atoms with Gasteiger partial charge in [-0.2, -0.15) is 5.26 Å². The molecular weight excluding hydrogens is 432 g/mol. The van der Waals surface area contributed by atoms with Crippen molar-refractivity contribution in [1.29, 1.82) is 5.26 Å². The zero-order chi connectivity index (χ0) is 24.2. The monoisotopic (exact) mass is 470 g/mol. The van der Waals surface area contributed by atoms with Crippen LogP contribution in [0.5, 0.6) is 11.5 Å². The Hall–Kier alpha value is -2.50. The Morgan fingerprint density at radius 1 is 1.18 bits per heavy atom. The summed E-state index contributed by atoms with van der Waals surface area (Å²) in [5.41, 5.74) is 2.63. The van der Waals surface area contributed by atoms with Crippen molar-refractivity contribution >= 4 is 6.09 Å². The lowest BCUT2D eigenvalue weighted by Gasteiger charge is -2.47. The summed E-state index contributed by atoms with van der Waals surface area (Å²) in [7, 11) is 3.36. The number of rotatable bonds is 6. The first kappa shape index (κ1) is 24.6. The number of nitrogens with zero attached hydrogens (tertiary/aromatic N) is 3. The number of piperazine rings is 1. The van der Waals surface area contributed by atoms with Crippen LogP contribution in [0.3, 0.4) is 0 Å². The summed E-state index contributed by atoms with van der Waals surface area (Å²) in [6, 6.07) is 6.42. The summed E-state index contributed by atoms with van der Waals surface area (Å²) in [4.78, 5) is 17.1. The third-order valence-corrected chi connectivity index (χ3v) is 7.56.